The summed E-state index contributed by atoms with van der Waals surface area (Å²) in [6.45, 7) is 3.88. The Labute approximate surface area is 160 Å². The molecule has 7 nitrogen and oxygen atoms in total. The molecule has 1 atom stereocenters. The Kier molecular flexibility index (Phi) is 5.99. The van der Waals surface area contributed by atoms with Crippen LogP contribution in [0.5, 0.6) is 5.75 Å². The fourth-order valence-electron chi connectivity index (χ4n) is 3.42. The van der Waals surface area contributed by atoms with Gasteiger partial charge in [0.1, 0.15) is 11.4 Å². The third-order valence-electron chi connectivity index (χ3n) is 4.71. The van der Waals surface area contributed by atoms with Crippen molar-refractivity contribution < 1.29 is 23.4 Å². The first kappa shape index (κ1) is 20.3. The number of nitrogens with one attached hydrogen (secondary N) is 1. The van der Waals surface area contributed by atoms with Gasteiger partial charge in [0.2, 0.25) is 5.95 Å². The lowest BCUT2D eigenvalue weighted by Gasteiger charge is -2.32. The summed E-state index contributed by atoms with van der Waals surface area (Å²) < 4.78 is 38.6. The standard InChI is InChI=1S/C18H22F3N5O2/c1-11-7-12(18(19,20)21)8-15(28)16(11)14-9-22-17(25-24-14)23-13-3-2-4-26(10-13)5-6-27/h7-9,13,27-28H,2-6,10H2,1H3,(H,22,23,25). The first-order valence-electron chi connectivity index (χ1n) is 8.98. The number of aliphatic hydroxyl groups excluding tert-OH is 1. The van der Waals surface area contributed by atoms with Crippen LogP contribution in [-0.4, -0.2) is 62.6 Å². The number of hydrogen-bond acceptors (Lipinski definition) is 7. The predicted octanol–water partition coefficient (Wildman–Crippen LogP) is 2.44. The molecule has 0 bridgehead atoms. The third-order valence-corrected chi connectivity index (χ3v) is 4.71. The molecular weight excluding hydrogens is 375 g/mol. The number of aromatic nitrogens is 3. The molecule has 0 saturated carbocycles. The summed E-state index contributed by atoms with van der Waals surface area (Å²) >= 11 is 0. The van der Waals surface area contributed by atoms with Crippen molar-refractivity contribution in [2.75, 3.05) is 31.6 Å². The van der Waals surface area contributed by atoms with Crippen molar-refractivity contribution in [3.05, 3.63) is 29.5 Å². The number of β-amino-alcohol motifs (C(OH)–C–C–N with tert-alkyl or cyclic N) is 1. The van der Waals surface area contributed by atoms with Crippen molar-refractivity contribution in [2.24, 2.45) is 0 Å². The number of hydrogen-bond donors (Lipinski definition) is 3. The van der Waals surface area contributed by atoms with Crippen molar-refractivity contribution in [1.82, 2.24) is 20.1 Å². The molecule has 1 saturated heterocycles. The molecule has 1 unspecified atom stereocenters. The molecule has 28 heavy (non-hydrogen) atoms. The average Bonchev–Trinajstić information content (AvgIpc) is 2.62. The number of phenols is 1. The summed E-state index contributed by atoms with van der Waals surface area (Å²) in [4.78, 5) is 6.33. The lowest BCUT2D eigenvalue weighted by molar-refractivity contribution is -0.137. The van der Waals surface area contributed by atoms with Crippen molar-refractivity contribution in [3.63, 3.8) is 0 Å². The maximum absolute atomic E-state index is 12.9. The topological polar surface area (TPSA) is 94.4 Å². The minimum absolute atomic E-state index is 0.107. The van der Waals surface area contributed by atoms with Crippen molar-refractivity contribution in [1.29, 1.82) is 0 Å². The average molecular weight is 397 g/mol. The van der Waals surface area contributed by atoms with Gasteiger partial charge in [-0.05, 0) is 44.0 Å². The van der Waals surface area contributed by atoms with E-state index in [0.717, 1.165) is 32.0 Å². The zero-order valence-corrected chi connectivity index (χ0v) is 15.4. The Morgan fingerprint density at radius 1 is 1.29 bits per heavy atom. The highest BCUT2D eigenvalue weighted by atomic mass is 19.4. The van der Waals surface area contributed by atoms with Gasteiger partial charge >= 0.3 is 6.18 Å². The second-order valence-corrected chi connectivity index (χ2v) is 6.86. The van der Waals surface area contributed by atoms with Crippen molar-refractivity contribution in [2.45, 2.75) is 32.0 Å². The van der Waals surface area contributed by atoms with Crippen LogP contribution in [0, 0.1) is 6.92 Å². The Morgan fingerprint density at radius 3 is 2.68 bits per heavy atom. The van der Waals surface area contributed by atoms with Gasteiger partial charge in [-0.1, -0.05) is 0 Å². The zero-order chi connectivity index (χ0) is 20.3. The van der Waals surface area contributed by atoms with E-state index in [1.807, 2.05) is 0 Å². The minimum atomic E-state index is -4.54. The number of benzene rings is 1. The highest BCUT2D eigenvalue weighted by Crippen LogP contribution is 2.38. The number of aryl methyl sites for hydroxylation is 1. The van der Waals surface area contributed by atoms with E-state index in [9.17, 15) is 18.3 Å². The number of halogens is 3. The van der Waals surface area contributed by atoms with Gasteiger partial charge in [-0.2, -0.15) is 13.2 Å². The molecule has 0 amide bonds. The molecule has 1 fully saturated rings. The van der Waals surface area contributed by atoms with Crippen LogP contribution in [0.1, 0.15) is 24.0 Å². The monoisotopic (exact) mass is 397 g/mol. The molecule has 152 valence electrons. The summed E-state index contributed by atoms with van der Waals surface area (Å²) in [5, 5.41) is 30.3. The van der Waals surface area contributed by atoms with Gasteiger partial charge in [0.05, 0.1) is 18.4 Å². The van der Waals surface area contributed by atoms with E-state index in [1.54, 1.807) is 0 Å². The smallest absolute Gasteiger partial charge is 0.416 e. The van der Waals surface area contributed by atoms with Crippen LogP contribution in [-0.2, 0) is 6.18 Å². The van der Waals surface area contributed by atoms with Crippen LogP contribution in [0.2, 0.25) is 0 Å². The highest BCUT2D eigenvalue weighted by molar-refractivity contribution is 5.70. The van der Waals surface area contributed by atoms with E-state index in [4.69, 9.17) is 5.11 Å². The van der Waals surface area contributed by atoms with E-state index >= 15 is 0 Å². The summed E-state index contributed by atoms with van der Waals surface area (Å²) in [6.07, 6.45) is -1.24. The number of anilines is 1. The molecule has 3 N–H and O–H groups in total. The quantitative estimate of drug-likeness (QED) is 0.713. The van der Waals surface area contributed by atoms with Gasteiger partial charge < -0.3 is 15.5 Å². The molecular formula is C18H22F3N5O2. The van der Waals surface area contributed by atoms with Crippen LogP contribution in [0.25, 0.3) is 11.3 Å². The largest absolute Gasteiger partial charge is 0.507 e. The van der Waals surface area contributed by atoms with Crippen LogP contribution >= 0.6 is 0 Å². The Hall–Kier alpha value is -2.46. The van der Waals surface area contributed by atoms with Gasteiger partial charge in [-0.25, -0.2) is 4.98 Å². The molecule has 10 heteroatoms. The molecule has 1 aromatic heterocycles. The van der Waals surface area contributed by atoms with E-state index in [2.05, 4.69) is 25.4 Å². The van der Waals surface area contributed by atoms with Gasteiger partial charge in [0, 0.05) is 24.7 Å². The first-order chi connectivity index (χ1) is 13.3. The zero-order valence-electron chi connectivity index (χ0n) is 15.4. The second kappa shape index (κ2) is 8.27. The number of nitrogens with zero attached hydrogens (tertiary/aromatic N) is 4. The SMILES string of the molecule is Cc1cc(C(F)(F)F)cc(O)c1-c1cnc(NC2CCCN(CCO)C2)nn1. The lowest BCUT2D eigenvalue weighted by atomic mass is 10.0. The summed E-state index contributed by atoms with van der Waals surface area (Å²) in [5.41, 5.74) is -0.322. The fourth-order valence-corrected chi connectivity index (χ4v) is 3.42. The molecule has 2 aromatic rings. The van der Waals surface area contributed by atoms with Gasteiger partial charge in [0.15, 0.2) is 0 Å². The molecule has 3 rings (SSSR count). The van der Waals surface area contributed by atoms with E-state index in [0.29, 0.717) is 18.6 Å². The highest BCUT2D eigenvalue weighted by Gasteiger charge is 2.32. The summed E-state index contributed by atoms with van der Waals surface area (Å²) in [7, 11) is 0. The number of phenolic OH excluding ortho intramolecular Hbond substituents is 1. The number of likely N-dealkylation sites (tertiary alicyclic amines) is 1. The maximum Gasteiger partial charge on any atom is 0.416 e. The van der Waals surface area contributed by atoms with E-state index in [-0.39, 0.29) is 29.5 Å². The Morgan fingerprint density at radius 2 is 2.07 bits per heavy atom. The fraction of sp³-hybridized carbons (Fsp3) is 0.500. The van der Waals surface area contributed by atoms with Gasteiger partial charge in [0.25, 0.3) is 0 Å². The van der Waals surface area contributed by atoms with E-state index < -0.39 is 17.5 Å². The summed E-state index contributed by atoms with van der Waals surface area (Å²) in [5.74, 6) is -0.209. The molecule has 1 aromatic carbocycles. The van der Waals surface area contributed by atoms with Gasteiger partial charge in [-0.3, -0.25) is 4.90 Å². The third kappa shape index (κ3) is 4.68. The normalized spacial score (nSPS) is 18.2. The molecule has 2 heterocycles. The molecule has 0 spiro atoms. The summed E-state index contributed by atoms with van der Waals surface area (Å²) in [6, 6.07) is 1.75. The minimum Gasteiger partial charge on any atom is -0.507 e. The number of rotatable bonds is 5. The van der Waals surface area contributed by atoms with Crippen LogP contribution in [0.4, 0.5) is 19.1 Å². The lowest BCUT2D eigenvalue weighted by Crippen LogP contribution is -2.43. The molecule has 0 aliphatic carbocycles. The number of alkyl halides is 3. The van der Waals surface area contributed by atoms with Crippen LogP contribution in [0.15, 0.2) is 18.3 Å². The number of piperidine rings is 1. The van der Waals surface area contributed by atoms with Crippen molar-refractivity contribution in [3.8, 4) is 17.0 Å². The number of aliphatic hydroxyl groups is 1. The van der Waals surface area contributed by atoms with Crippen LogP contribution in [0.3, 0.4) is 0 Å². The second-order valence-electron chi connectivity index (χ2n) is 6.86. The maximum atomic E-state index is 12.9. The number of aromatic hydroxyl groups is 1. The molecule has 1 aliphatic rings. The van der Waals surface area contributed by atoms with Gasteiger partial charge in [-0.15, -0.1) is 10.2 Å². The molecule has 0 radical (unpaired) electrons. The predicted molar refractivity (Wildman–Crippen MR) is 96.8 cm³/mol. The first-order valence-corrected chi connectivity index (χ1v) is 8.98. The Balaban J connectivity index is 1.74. The van der Waals surface area contributed by atoms with Crippen molar-refractivity contribution >= 4 is 5.95 Å². The van der Waals surface area contributed by atoms with E-state index in [1.165, 1.54) is 13.1 Å². The molecule has 1 aliphatic heterocycles. The van der Waals surface area contributed by atoms with Crippen LogP contribution < -0.4 is 5.32 Å². The Bertz CT molecular complexity index is 789.